The summed E-state index contributed by atoms with van der Waals surface area (Å²) < 4.78 is 17.6. The molecule has 0 aliphatic carbocycles. The van der Waals surface area contributed by atoms with E-state index in [4.69, 9.17) is 14.2 Å². The molecule has 0 N–H and O–H groups in total. The van der Waals surface area contributed by atoms with E-state index in [9.17, 15) is 0 Å². The van der Waals surface area contributed by atoms with Gasteiger partial charge in [0, 0.05) is 12.5 Å². The highest BCUT2D eigenvalue weighted by Gasteiger charge is 2.42. The van der Waals surface area contributed by atoms with Gasteiger partial charge in [0.25, 0.3) is 0 Å². The molecule has 1 aliphatic rings. The quantitative estimate of drug-likeness (QED) is 0.448. The number of methoxy groups -OCH3 is 1. The van der Waals surface area contributed by atoms with Gasteiger partial charge >= 0.3 is 0 Å². The van der Waals surface area contributed by atoms with Crippen LogP contribution in [0.2, 0.25) is 0 Å². The van der Waals surface area contributed by atoms with Gasteiger partial charge in [0.1, 0.15) is 0 Å². The predicted molar refractivity (Wildman–Crippen MR) is 112 cm³/mol. The van der Waals surface area contributed by atoms with E-state index < -0.39 is 5.79 Å². The molecule has 0 aromatic heterocycles. The Morgan fingerprint density at radius 1 is 0.889 bits per heavy atom. The lowest BCUT2D eigenvalue weighted by molar-refractivity contribution is -0.297. The first-order valence-corrected chi connectivity index (χ1v) is 10.8. The fourth-order valence-corrected chi connectivity index (χ4v) is 3.73. The number of unbranched alkanes of at least 4 members (excludes halogenated alkanes) is 5. The molecule has 1 saturated heterocycles. The Hall–Kier alpha value is -0.900. The van der Waals surface area contributed by atoms with E-state index in [-0.39, 0.29) is 11.5 Å². The average Bonchev–Trinajstić information content (AvgIpc) is 2.66. The normalized spacial score (nSPS) is 19.7. The third-order valence-corrected chi connectivity index (χ3v) is 5.82. The molecule has 0 saturated carbocycles. The van der Waals surface area contributed by atoms with Crippen LogP contribution in [0.5, 0.6) is 0 Å². The number of hydrogen-bond donors (Lipinski definition) is 0. The summed E-state index contributed by atoms with van der Waals surface area (Å²) in [5.74, 6) is -0.490. The average molecular weight is 377 g/mol. The molecule has 0 bridgehead atoms. The van der Waals surface area contributed by atoms with Crippen LogP contribution in [0.3, 0.4) is 0 Å². The molecule has 0 radical (unpaired) electrons. The SMILES string of the molecule is CCCCCCCCc1ccc(CC(OC)C2(C)COC(C)(C)OC2)cc1. The molecular formula is C24H40O3. The summed E-state index contributed by atoms with van der Waals surface area (Å²) in [5, 5.41) is 0. The molecule has 0 spiro atoms. The summed E-state index contributed by atoms with van der Waals surface area (Å²) in [6.45, 7) is 9.73. The lowest BCUT2D eigenvalue weighted by Crippen LogP contribution is -2.51. The van der Waals surface area contributed by atoms with Crippen LogP contribution in [0.4, 0.5) is 0 Å². The Kier molecular flexibility index (Phi) is 8.78. The lowest BCUT2D eigenvalue weighted by atomic mass is 9.81. The van der Waals surface area contributed by atoms with Crippen LogP contribution >= 0.6 is 0 Å². The van der Waals surface area contributed by atoms with Crippen molar-refractivity contribution in [2.75, 3.05) is 20.3 Å². The minimum absolute atomic E-state index is 0.0815. The second kappa shape index (κ2) is 10.6. The summed E-state index contributed by atoms with van der Waals surface area (Å²) in [4.78, 5) is 0. The molecule has 3 nitrogen and oxygen atoms in total. The predicted octanol–water partition coefficient (Wildman–Crippen LogP) is 5.94. The minimum atomic E-state index is -0.490. The van der Waals surface area contributed by atoms with Crippen molar-refractivity contribution < 1.29 is 14.2 Å². The maximum Gasteiger partial charge on any atom is 0.162 e. The van der Waals surface area contributed by atoms with Crippen molar-refractivity contribution in [3.05, 3.63) is 35.4 Å². The molecule has 1 atom stereocenters. The van der Waals surface area contributed by atoms with E-state index in [1.54, 1.807) is 7.11 Å². The standard InChI is InChI=1S/C24H40O3/c1-6-7-8-9-10-11-12-20-13-15-21(16-14-20)17-22(25-5)24(4)18-26-23(2,3)27-19-24/h13-16,22H,6-12,17-19H2,1-5H3. The van der Waals surface area contributed by atoms with Crippen LogP contribution in [0.15, 0.2) is 24.3 Å². The van der Waals surface area contributed by atoms with Gasteiger partial charge in [-0.15, -0.1) is 0 Å². The number of hydrogen-bond acceptors (Lipinski definition) is 3. The molecular weight excluding hydrogens is 336 g/mol. The first kappa shape index (κ1) is 22.4. The van der Waals surface area contributed by atoms with Crippen LogP contribution in [-0.4, -0.2) is 32.2 Å². The van der Waals surface area contributed by atoms with E-state index in [0.717, 1.165) is 6.42 Å². The number of benzene rings is 1. The number of ether oxygens (including phenoxy) is 3. The van der Waals surface area contributed by atoms with E-state index in [1.165, 1.54) is 56.1 Å². The van der Waals surface area contributed by atoms with Crippen LogP contribution in [-0.2, 0) is 27.1 Å². The third-order valence-electron chi connectivity index (χ3n) is 5.82. The highest BCUT2D eigenvalue weighted by Crippen LogP contribution is 2.35. The topological polar surface area (TPSA) is 27.7 Å². The van der Waals surface area contributed by atoms with Gasteiger partial charge in [-0.1, -0.05) is 70.2 Å². The molecule has 3 heteroatoms. The Morgan fingerprint density at radius 3 is 2.04 bits per heavy atom. The molecule has 2 rings (SSSR count). The summed E-state index contributed by atoms with van der Waals surface area (Å²) in [7, 11) is 1.79. The van der Waals surface area contributed by atoms with Crippen molar-refractivity contribution in [2.45, 2.75) is 91.0 Å². The third kappa shape index (κ3) is 7.21. The van der Waals surface area contributed by atoms with Gasteiger partial charge < -0.3 is 14.2 Å². The lowest BCUT2D eigenvalue weighted by Gasteiger charge is -2.45. The summed E-state index contributed by atoms with van der Waals surface area (Å²) >= 11 is 0. The van der Waals surface area contributed by atoms with E-state index >= 15 is 0 Å². The van der Waals surface area contributed by atoms with Crippen LogP contribution < -0.4 is 0 Å². The number of rotatable bonds is 11. The van der Waals surface area contributed by atoms with Crippen LogP contribution in [0, 0.1) is 5.41 Å². The first-order chi connectivity index (χ1) is 12.9. The molecule has 1 unspecified atom stereocenters. The maximum atomic E-state index is 5.90. The highest BCUT2D eigenvalue weighted by atomic mass is 16.7. The van der Waals surface area contributed by atoms with Crippen molar-refractivity contribution >= 4 is 0 Å². The molecule has 1 aromatic rings. The molecule has 154 valence electrons. The van der Waals surface area contributed by atoms with Crippen molar-refractivity contribution in [1.82, 2.24) is 0 Å². The first-order valence-electron chi connectivity index (χ1n) is 10.8. The zero-order valence-electron chi connectivity index (χ0n) is 18.2. The van der Waals surface area contributed by atoms with Crippen LogP contribution in [0.25, 0.3) is 0 Å². The van der Waals surface area contributed by atoms with Crippen molar-refractivity contribution in [3.8, 4) is 0 Å². The molecule has 27 heavy (non-hydrogen) atoms. The van der Waals surface area contributed by atoms with Crippen LogP contribution in [0.1, 0.15) is 77.3 Å². The second-order valence-corrected chi connectivity index (χ2v) is 8.89. The summed E-state index contributed by atoms with van der Waals surface area (Å²) in [6, 6.07) is 9.09. The van der Waals surface area contributed by atoms with Gasteiger partial charge in [-0.05, 0) is 44.2 Å². The Balaban J connectivity index is 1.82. The molecule has 1 heterocycles. The van der Waals surface area contributed by atoms with Crippen molar-refractivity contribution in [3.63, 3.8) is 0 Å². The molecule has 1 aromatic carbocycles. The fourth-order valence-electron chi connectivity index (χ4n) is 3.73. The summed E-state index contributed by atoms with van der Waals surface area (Å²) in [6.07, 6.45) is 10.3. The Morgan fingerprint density at radius 2 is 1.44 bits per heavy atom. The van der Waals surface area contributed by atoms with Gasteiger partial charge in [-0.3, -0.25) is 0 Å². The van der Waals surface area contributed by atoms with Crippen molar-refractivity contribution in [1.29, 1.82) is 0 Å². The molecule has 1 fully saturated rings. The minimum Gasteiger partial charge on any atom is -0.380 e. The van der Waals surface area contributed by atoms with Gasteiger partial charge in [-0.2, -0.15) is 0 Å². The molecule has 1 aliphatic heterocycles. The van der Waals surface area contributed by atoms with Crippen molar-refractivity contribution in [2.24, 2.45) is 5.41 Å². The van der Waals surface area contributed by atoms with Gasteiger partial charge in [0.05, 0.1) is 19.3 Å². The number of aryl methyl sites for hydroxylation is 1. The zero-order valence-corrected chi connectivity index (χ0v) is 18.2. The zero-order chi connectivity index (χ0) is 19.8. The van der Waals surface area contributed by atoms with Gasteiger partial charge in [0.15, 0.2) is 5.79 Å². The largest absolute Gasteiger partial charge is 0.380 e. The van der Waals surface area contributed by atoms with Gasteiger partial charge in [0.2, 0.25) is 0 Å². The van der Waals surface area contributed by atoms with E-state index in [1.807, 2.05) is 13.8 Å². The second-order valence-electron chi connectivity index (χ2n) is 8.89. The smallest absolute Gasteiger partial charge is 0.162 e. The Bertz CT molecular complexity index is 525. The fraction of sp³-hybridized carbons (Fsp3) is 0.750. The summed E-state index contributed by atoms with van der Waals surface area (Å²) in [5.41, 5.74) is 2.64. The van der Waals surface area contributed by atoms with E-state index in [0.29, 0.717) is 13.2 Å². The highest BCUT2D eigenvalue weighted by molar-refractivity contribution is 5.23. The van der Waals surface area contributed by atoms with Gasteiger partial charge in [-0.25, -0.2) is 0 Å². The van der Waals surface area contributed by atoms with E-state index in [2.05, 4.69) is 38.1 Å². The Labute approximate surface area is 166 Å². The maximum absolute atomic E-state index is 5.90. The monoisotopic (exact) mass is 376 g/mol. The molecule has 0 amide bonds.